The molecule has 2 amide bonds. The van der Waals surface area contributed by atoms with E-state index in [1.165, 1.54) is 4.90 Å². The third-order valence-electron chi connectivity index (χ3n) is 5.31. The van der Waals surface area contributed by atoms with Crippen LogP contribution in [0, 0.1) is 6.92 Å². The fraction of sp³-hybridized carbons (Fsp3) is 0.417. The number of carbonyl (C=O) groups excluding carboxylic acids is 2. The Morgan fingerprint density at radius 3 is 2.22 bits per heavy atom. The van der Waals surface area contributed by atoms with Crippen molar-refractivity contribution in [3.63, 3.8) is 0 Å². The highest BCUT2D eigenvalue weighted by Crippen LogP contribution is 2.24. The van der Waals surface area contributed by atoms with Gasteiger partial charge in [-0.05, 0) is 44.4 Å². The molecular formula is C24H33N3O4S. The lowest BCUT2D eigenvalue weighted by Crippen LogP contribution is -2.51. The van der Waals surface area contributed by atoms with Crippen LogP contribution < -0.4 is 9.62 Å². The Morgan fingerprint density at radius 1 is 1.03 bits per heavy atom. The molecule has 0 saturated carbocycles. The number of carbonyl (C=O) groups is 2. The monoisotopic (exact) mass is 459 g/mol. The third-order valence-corrected chi connectivity index (χ3v) is 6.44. The highest BCUT2D eigenvalue weighted by molar-refractivity contribution is 7.92. The Balaban J connectivity index is 2.41. The Bertz CT molecular complexity index is 1040. The fourth-order valence-electron chi connectivity index (χ4n) is 3.44. The molecule has 1 atom stereocenters. The lowest BCUT2D eigenvalue weighted by atomic mass is 10.1. The Labute approximate surface area is 191 Å². The van der Waals surface area contributed by atoms with Gasteiger partial charge in [-0.1, -0.05) is 55.0 Å². The molecule has 32 heavy (non-hydrogen) atoms. The predicted molar refractivity (Wildman–Crippen MR) is 128 cm³/mol. The van der Waals surface area contributed by atoms with Gasteiger partial charge in [-0.3, -0.25) is 13.9 Å². The highest BCUT2D eigenvalue weighted by atomic mass is 32.2. The second-order valence-electron chi connectivity index (χ2n) is 7.83. The van der Waals surface area contributed by atoms with Gasteiger partial charge >= 0.3 is 0 Å². The van der Waals surface area contributed by atoms with Crippen LogP contribution in [0.5, 0.6) is 0 Å². The minimum absolute atomic E-state index is 0.199. The van der Waals surface area contributed by atoms with E-state index in [9.17, 15) is 18.0 Å². The van der Waals surface area contributed by atoms with Gasteiger partial charge in [-0.15, -0.1) is 0 Å². The number of benzene rings is 2. The van der Waals surface area contributed by atoms with Gasteiger partial charge in [0, 0.05) is 13.1 Å². The molecule has 0 aliphatic carbocycles. The van der Waals surface area contributed by atoms with E-state index in [1.54, 1.807) is 19.1 Å². The number of nitrogens with one attached hydrogen (secondary N) is 1. The number of likely N-dealkylation sites (N-methyl/N-ethyl adjacent to an activating group) is 1. The minimum atomic E-state index is -3.73. The first-order valence-corrected chi connectivity index (χ1v) is 12.6. The molecule has 0 radical (unpaired) electrons. The van der Waals surface area contributed by atoms with E-state index in [0.29, 0.717) is 18.7 Å². The van der Waals surface area contributed by atoms with Crippen molar-refractivity contribution in [1.29, 1.82) is 0 Å². The maximum atomic E-state index is 13.4. The van der Waals surface area contributed by atoms with Crippen LogP contribution in [0.25, 0.3) is 0 Å². The predicted octanol–water partition coefficient (Wildman–Crippen LogP) is 2.88. The molecule has 174 valence electrons. The van der Waals surface area contributed by atoms with Crippen molar-refractivity contribution in [2.75, 3.05) is 23.7 Å². The summed E-state index contributed by atoms with van der Waals surface area (Å²) in [6.07, 6.45) is 1.71. The lowest BCUT2D eigenvalue weighted by molar-refractivity contribution is -0.139. The summed E-state index contributed by atoms with van der Waals surface area (Å²) >= 11 is 0. The quantitative estimate of drug-likeness (QED) is 0.592. The van der Waals surface area contributed by atoms with Gasteiger partial charge < -0.3 is 10.2 Å². The molecule has 0 fully saturated rings. The number of hydrogen-bond donors (Lipinski definition) is 1. The van der Waals surface area contributed by atoms with Gasteiger partial charge in [0.15, 0.2) is 0 Å². The van der Waals surface area contributed by atoms with Crippen molar-refractivity contribution < 1.29 is 18.0 Å². The van der Waals surface area contributed by atoms with Crippen molar-refractivity contribution in [3.05, 3.63) is 65.2 Å². The van der Waals surface area contributed by atoms with Crippen LogP contribution >= 0.6 is 0 Å². The van der Waals surface area contributed by atoms with Crippen LogP contribution in [0.2, 0.25) is 0 Å². The average Bonchev–Trinajstić information content (AvgIpc) is 2.75. The van der Waals surface area contributed by atoms with E-state index < -0.39 is 22.0 Å². The zero-order chi connectivity index (χ0) is 23.9. The summed E-state index contributed by atoms with van der Waals surface area (Å²) in [7, 11) is -3.73. The van der Waals surface area contributed by atoms with Crippen molar-refractivity contribution >= 4 is 27.5 Å². The van der Waals surface area contributed by atoms with Gasteiger partial charge in [-0.2, -0.15) is 0 Å². The molecule has 0 saturated heterocycles. The maximum Gasteiger partial charge on any atom is 0.244 e. The number of hydrogen-bond acceptors (Lipinski definition) is 4. The van der Waals surface area contributed by atoms with Crippen LogP contribution in [-0.2, 0) is 32.6 Å². The second-order valence-corrected chi connectivity index (χ2v) is 9.74. The number of nitrogens with zero attached hydrogens (tertiary/aromatic N) is 2. The summed E-state index contributed by atoms with van der Waals surface area (Å²) in [5, 5.41) is 2.74. The first-order valence-electron chi connectivity index (χ1n) is 10.8. The fourth-order valence-corrected chi connectivity index (χ4v) is 4.32. The average molecular weight is 460 g/mol. The van der Waals surface area contributed by atoms with Crippen molar-refractivity contribution in [1.82, 2.24) is 10.2 Å². The molecule has 0 unspecified atom stereocenters. The highest BCUT2D eigenvalue weighted by Gasteiger charge is 2.30. The first kappa shape index (κ1) is 25.4. The summed E-state index contributed by atoms with van der Waals surface area (Å²) in [5.74, 6) is -0.728. The zero-order valence-electron chi connectivity index (χ0n) is 19.5. The first-order chi connectivity index (χ1) is 15.1. The van der Waals surface area contributed by atoms with Crippen LogP contribution in [0.1, 0.15) is 37.5 Å². The minimum Gasteiger partial charge on any atom is -0.355 e. The third kappa shape index (κ3) is 6.56. The number of rotatable bonds is 10. The van der Waals surface area contributed by atoms with E-state index >= 15 is 0 Å². The van der Waals surface area contributed by atoms with Crippen molar-refractivity contribution in [2.24, 2.45) is 0 Å². The van der Waals surface area contributed by atoms with Gasteiger partial charge in [-0.25, -0.2) is 8.42 Å². The Morgan fingerprint density at radius 2 is 1.66 bits per heavy atom. The molecule has 1 N–H and O–H groups in total. The molecule has 0 aromatic heterocycles. The second kappa shape index (κ2) is 11.1. The largest absolute Gasteiger partial charge is 0.355 e. The molecule has 2 rings (SSSR count). The Kier molecular flexibility index (Phi) is 8.83. The standard InChI is InChI=1S/C24H33N3O4S/c1-6-21-10-8-9-11-22(21)27(32(5,30)31)17-23(28)26(19(4)24(29)25-7-2)16-20-14-12-18(3)13-15-20/h8-15,19H,6-7,16-17H2,1-5H3,(H,25,29)/t19-/m1/s1. The summed E-state index contributed by atoms with van der Waals surface area (Å²) < 4.78 is 26.4. The van der Waals surface area contributed by atoms with Gasteiger partial charge in [0.2, 0.25) is 21.8 Å². The number of para-hydroxylation sites is 1. The zero-order valence-corrected chi connectivity index (χ0v) is 20.3. The van der Waals surface area contributed by atoms with E-state index in [1.807, 2.05) is 57.2 Å². The van der Waals surface area contributed by atoms with Crippen LogP contribution in [0.3, 0.4) is 0 Å². The molecule has 2 aromatic carbocycles. The molecule has 0 aliphatic heterocycles. The smallest absolute Gasteiger partial charge is 0.244 e. The van der Waals surface area contributed by atoms with E-state index in [4.69, 9.17) is 0 Å². The number of amides is 2. The SMILES string of the molecule is CCNC(=O)[C@@H](C)N(Cc1ccc(C)cc1)C(=O)CN(c1ccccc1CC)S(C)(=O)=O. The Hall–Kier alpha value is -2.87. The van der Waals surface area contributed by atoms with Gasteiger partial charge in [0.25, 0.3) is 0 Å². The molecule has 0 heterocycles. The maximum absolute atomic E-state index is 13.4. The van der Waals surface area contributed by atoms with E-state index in [0.717, 1.165) is 27.3 Å². The number of sulfonamides is 1. The van der Waals surface area contributed by atoms with Crippen molar-refractivity contribution in [3.8, 4) is 0 Å². The van der Waals surface area contributed by atoms with Crippen LogP contribution in [0.4, 0.5) is 5.69 Å². The number of aryl methyl sites for hydroxylation is 2. The lowest BCUT2D eigenvalue weighted by Gasteiger charge is -2.32. The normalized spacial score (nSPS) is 12.2. The van der Waals surface area contributed by atoms with Crippen molar-refractivity contribution in [2.45, 2.75) is 46.7 Å². The van der Waals surface area contributed by atoms with Gasteiger partial charge in [0.1, 0.15) is 12.6 Å². The molecule has 0 bridgehead atoms. The van der Waals surface area contributed by atoms with E-state index in [2.05, 4.69) is 5.32 Å². The molecule has 7 nitrogen and oxygen atoms in total. The van der Waals surface area contributed by atoms with E-state index in [-0.39, 0.29) is 19.0 Å². The summed E-state index contributed by atoms with van der Waals surface area (Å²) in [6, 6.07) is 14.1. The van der Waals surface area contributed by atoms with Crippen LogP contribution in [0.15, 0.2) is 48.5 Å². The molecule has 2 aromatic rings. The van der Waals surface area contributed by atoms with Crippen LogP contribution in [-0.4, -0.2) is 50.5 Å². The molecule has 0 aliphatic rings. The molecule has 0 spiro atoms. The topological polar surface area (TPSA) is 86.8 Å². The summed E-state index contributed by atoms with van der Waals surface area (Å²) in [5.41, 5.74) is 3.25. The summed E-state index contributed by atoms with van der Waals surface area (Å²) in [6.45, 7) is 7.62. The molecular weight excluding hydrogens is 426 g/mol. The number of anilines is 1. The summed E-state index contributed by atoms with van der Waals surface area (Å²) in [4.78, 5) is 27.4. The van der Waals surface area contributed by atoms with Gasteiger partial charge in [0.05, 0.1) is 11.9 Å². The molecule has 8 heteroatoms.